The molecular formula is C12H20N2O. The van der Waals surface area contributed by atoms with Crippen molar-refractivity contribution in [3.8, 4) is 0 Å². The Morgan fingerprint density at radius 3 is 2.67 bits per heavy atom. The molecule has 0 atom stereocenters. The fourth-order valence-electron chi connectivity index (χ4n) is 2.07. The van der Waals surface area contributed by atoms with Crippen molar-refractivity contribution in [1.29, 1.82) is 0 Å². The summed E-state index contributed by atoms with van der Waals surface area (Å²) in [4.78, 5) is 0. The van der Waals surface area contributed by atoms with E-state index in [-0.39, 0.29) is 0 Å². The van der Waals surface area contributed by atoms with Crippen molar-refractivity contribution < 1.29 is 4.42 Å². The van der Waals surface area contributed by atoms with E-state index < -0.39 is 0 Å². The van der Waals surface area contributed by atoms with Crippen LogP contribution in [0.15, 0.2) is 16.5 Å². The maximum absolute atomic E-state index is 5.51. The Bertz CT molecular complexity index is 315. The van der Waals surface area contributed by atoms with Crippen LogP contribution >= 0.6 is 0 Å². The number of hydrogen-bond acceptors (Lipinski definition) is 3. The lowest BCUT2D eigenvalue weighted by Gasteiger charge is -2.38. The normalized spacial score (nSPS) is 18.8. The summed E-state index contributed by atoms with van der Waals surface area (Å²) >= 11 is 0. The first-order valence-electron chi connectivity index (χ1n) is 5.70. The van der Waals surface area contributed by atoms with Crippen molar-refractivity contribution in [2.24, 2.45) is 11.1 Å². The molecule has 0 saturated heterocycles. The van der Waals surface area contributed by atoms with E-state index in [1.54, 1.807) is 0 Å². The first kappa shape index (κ1) is 10.7. The van der Waals surface area contributed by atoms with Crippen LogP contribution in [-0.2, 0) is 13.1 Å². The summed E-state index contributed by atoms with van der Waals surface area (Å²) in [6.07, 6.45) is 4.09. The Hall–Kier alpha value is -0.800. The van der Waals surface area contributed by atoms with E-state index in [1.807, 2.05) is 12.1 Å². The van der Waals surface area contributed by atoms with Gasteiger partial charge in [-0.3, -0.25) is 0 Å². The summed E-state index contributed by atoms with van der Waals surface area (Å²) < 4.78 is 5.51. The van der Waals surface area contributed by atoms with Crippen LogP contribution in [0.4, 0.5) is 0 Å². The van der Waals surface area contributed by atoms with Gasteiger partial charge in [0.1, 0.15) is 11.5 Å². The second-order valence-corrected chi connectivity index (χ2v) is 4.84. The Kier molecular flexibility index (Phi) is 3.12. The highest BCUT2D eigenvalue weighted by atomic mass is 16.3. The van der Waals surface area contributed by atoms with E-state index in [0.29, 0.717) is 12.0 Å². The molecule has 1 heterocycles. The van der Waals surface area contributed by atoms with Crippen LogP contribution in [0.25, 0.3) is 0 Å². The molecule has 15 heavy (non-hydrogen) atoms. The SMILES string of the molecule is CC1(CNCc2ccc(CN)o2)CCC1. The van der Waals surface area contributed by atoms with Gasteiger partial charge in [-0.1, -0.05) is 13.3 Å². The molecule has 84 valence electrons. The molecule has 0 spiro atoms. The third-order valence-corrected chi connectivity index (χ3v) is 3.33. The summed E-state index contributed by atoms with van der Waals surface area (Å²) in [6, 6.07) is 3.94. The van der Waals surface area contributed by atoms with Crippen LogP contribution in [0.1, 0.15) is 37.7 Å². The second-order valence-electron chi connectivity index (χ2n) is 4.84. The topological polar surface area (TPSA) is 51.2 Å². The smallest absolute Gasteiger partial charge is 0.118 e. The molecule has 1 aromatic rings. The molecule has 1 saturated carbocycles. The molecule has 0 unspecified atom stereocenters. The quantitative estimate of drug-likeness (QED) is 0.778. The second kappa shape index (κ2) is 4.37. The van der Waals surface area contributed by atoms with Gasteiger partial charge in [0.15, 0.2) is 0 Å². The van der Waals surface area contributed by atoms with E-state index in [0.717, 1.165) is 24.6 Å². The van der Waals surface area contributed by atoms with E-state index in [9.17, 15) is 0 Å². The molecule has 1 fully saturated rings. The van der Waals surface area contributed by atoms with Gasteiger partial charge < -0.3 is 15.5 Å². The summed E-state index contributed by atoms with van der Waals surface area (Å²) in [5, 5.41) is 3.45. The van der Waals surface area contributed by atoms with Crippen LogP contribution in [0.2, 0.25) is 0 Å². The summed E-state index contributed by atoms with van der Waals surface area (Å²) in [6.45, 7) is 4.73. The molecule has 0 radical (unpaired) electrons. The van der Waals surface area contributed by atoms with Gasteiger partial charge >= 0.3 is 0 Å². The van der Waals surface area contributed by atoms with Crippen LogP contribution in [-0.4, -0.2) is 6.54 Å². The van der Waals surface area contributed by atoms with Crippen LogP contribution < -0.4 is 11.1 Å². The Morgan fingerprint density at radius 2 is 2.13 bits per heavy atom. The third kappa shape index (κ3) is 2.61. The zero-order valence-corrected chi connectivity index (χ0v) is 9.38. The number of rotatable bonds is 5. The molecule has 3 N–H and O–H groups in total. The molecule has 2 rings (SSSR count). The van der Waals surface area contributed by atoms with Crippen LogP contribution in [0.5, 0.6) is 0 Å². The third-order valence-electron chi connectivity index (χ3n) is 3.33. The first-order chi connectivity index (χ1) is 7.22. The molecule has 0 aliphatic heterocycles. The summed E-state index contributed by atoms with van der Waals surface area (Å²) in [5.41, 5.74) is 6.01. The molecule has 3 heteroatoms. The Morgan fingerprint density at radius 1 is 1.40 bits per heavy atom. The minimum atomic E-state index is 0.484. The monoisotopic (exact) mass is 208 g/mol. The fourth-order valence-corrected chi connectivity index (χ4v) is 2.07. The standard InChI is InChI=1S/C12H20N2O/c1-12(5-2-6-12)9-14-8-11-4-3-10(7-13)15-11/h3-4,14H,2,5-9,13H2,1H3. The maximum Gasteiger partial charge on any atom is 0.118 e. The van der Waals surface area contributed by atoms with Crippen molar-refractivity contribution >= 4 is 0 Å². The van der Waals surface area contributed by atoms with E-state index >= 15 is 0 Å². The maximum atomic E-state index is 5.51. The van der Waals surface area contributed by atoms with Crippen molar-refractivity contribution in [2.45, 2.75) is 39.3 Å². The first-order valence-corrected chi connectivity index (χ1v) is 5.70. The van der Waals surface area contributed by atoms with Gasteiger partial charge in [-0.2, -0.15) is 0 Å². The van der Waals surface area contributed by atoms with Gasteiger partial charge in [-0.05, 0) is 30.4 Å². The van der Waals surface area contributed by atoms with Gasteiger partial charge in [0.05, 0.1) is 13.1 Å². The zero-order valence-electron chi connectivity index (χ0n) is 9.38. The molecule has 0 amide bonds. The Balaban J connectivity index is 1.73. The molecule has 1 aliphatic rings. The molecule has 0 bridgehead atoms. The van der Waals surface area contributed by atoms with E-state index in [1.165, 1.54) is 19.3 Å². The van der Waals surface area contributed by atoms with Gasteiger partial charge in [0, 0.05) is 6.54 Å². The molecular weight excluding hydrogens is 188 g/mol. The molecule has 1 aliphatic carbocycles. The highest BCUT2D eigenvalue weighted by molar-refractivity contribution is 5.06. The predicted octanol–water partition coefficient (Wildman–Crippen LogP) is 2.02. The Labute approximate surface area is 91.0 Å². The minimum Gasteiger partial charge on any atom is -0.463 e. The minimum absolute atomic E-state index is 0.484. The van der Waals surface area contributed by atoms with Crippen LogP contribution in [0.3, 0.4) is 0 Å². The van der Waals surface area contributed by atoms with Gasteiger partial charge in [-0.25, -0.2) is 0 Å². The number of hydrogen-bond donors (Lipinski definition) is 2. The lowest BCUT2D eigenvalue weighted by Crippen LogP contribution is -2.36. The van der Waals surface area contributed by atoms with Crippen LogP contribution in [0, 0.1) is 5.41 Å². The lowest BCUT2D eigenvalue weighted by molar-refractivity contribution is 0.155. The van der Waals surface area contributed by atoms with E-state index in [2.05, 4.69) is 12.2 Å². The number of nitrogens with one attached hydrogen (secondary N) is 1. The van der Waals surface area contributed by atoms with Crippen molar-refractivity contribution in [3.05, 3.63) is 23.7 Å². The summed E-state index contributed by atoms with van der Waals surface area (Å²) in [7, 11) is 0. The van der Waals surface area contributed by atoms with Gasteiger partial charge in [-0.15, -0.1) is 0 Å². The fraction of sp³-hybridized carbons (Fsp3) is 0.667. The average Bonchev–Trinajstić information content (AvgIpc) is 2.63. The molecule has 0 aromatic carbocycles. The van der Waals surface area contributed by atoms with Crippen molar-refractivity contribution in [1.82, 2.24) is 5.32 Å². The summed E-state index contributed by atoms with van der Waals surface area (Å²) in [5.74, 6) is 1.85. The number of nitrogens with two attached hydrogens (primary N) is 1. The van der Waals surface area contributed by atoms with Gasteiger partial charge in [0.2, 0.25) is 0 Å². The molecule has 3 nitrogen and oxygen atoms in total. The highest BCUT2D eigenvalue weighted by Crippen LogP contribution is 2.39. The molecule has 1 aromatic heterocycles. The number of furan rings is 1. The van der Waals surface area contributed by atoms with Gasteiger partial charge in [0.25, 0.3) is 0 Å². The zero-order chi connectivity index (χ0) is 10.7. The average molecular weight is 208 g/mol. The van der Waals surface area contributed by atoms with E-state index in [4.69, 9.17) is 10.2 Å². The van der Waals surface area contributed by atoms with Crippen molar-refractivity contribution in [2.75, 3.05) is 6.54 Å². The lowest BCUT2D eigenvalue weighted by atomic mass is 9.70. The predicted molar refractivity (Wildman–Crippen MR) is 60.3 cm³/mol. The largest absolute Gasteiger partial charge is 0.463 e. The highest BCUT2D eigenvalue weighted by Gasteiger charge is 2.30. The van der Waals surface area contributed by atoms with Crippen molar-refractivity contribution in [3.63, 3.8) is 0 Å².